The first-order valence-electron chi connectivity index (χ1n) is 8.65. The number of amides is 4. The normalized spacial score (nSPS) is 15.2. The van der Waals surface area contributed by atoms with Crippen molar-refractivity contribution >= 4 is 35.3 Å². The van der Waals surface area contributed by atoms with Crippen molar-refractivity contribution < 1.29 is 28.8 Å². The second-order valence-corrected chi connectivity index (χ2v) is 6.32. The minimum atomic E-state index is -0.922. The smallest absolute Gasteiger partial charge is 0.335 e. The first-order valence-corrected chi connectivity index (χ1v) is 8.65. The predicted molar refractivity (Wildman–Crippen MR) is 106 cm³/mol. The fourth-order valence-corrected chi connectivity index (χ4v) is 2.98. The molecule has 0 spiro atoms. The lowest BCUT2D eigenvalue weighted by atomic mass is 10.0. The van der Waals surface area contributed by atoms with E-state index in [4.69, 9.17) is 9.47 Å². The molecule has 1 aliphatic rings. The molecule has 1 N–H and O–H groups in total. The Labute approximate surface area is 170 Å². The van der Waals surface area contributed by atoms with Crippen LogP contribution in [0.2, 0.25) is 0 Å². The molecule has 154 valence electrons. The third kappa shape index (κ3) is 3.70. The zero-order valence-corrected chi connectivity index (χ0v) is 16.3. The van der Waals surface area contributed by atoms with Gasteiger partial charge in [0.25, 0.3) is 11.8 Å². The fraction of sp³-hybridized carbons (Fsp3) is 0.150. The highest BCUT2D eigenvalue weighted by atomic mass is 16.6. The molecule has 1 fully saturated rings. The molecular weight excluding hydrogens is 394 g/mol. The number of benzene rings is 2. The first kappa shape index (κ1) is 20.5. The highest BCUT2D eigenvalue weighted by molar-refractivity contribution is 6.39. The highest BCUT2D eigenvalue weighted by Crippen LogP contribution is 2.36. The summed E-state index contributed by atoms with van der Waals surface area (Å²) in [5.74, 6) is -1.69. The lowest BCUT2D eigenvalue weighted by Gasteiger charge is -2.26. The van der Waals surface area contributed by atoms with Gasteiger partial charge < -0.3 is 9.47 Å². The number of nitrogens with one attached hydrogen (secondary N) is 1. The largest absolute Gasteiger partial charge is 0.496 e. The Morgan fingerprint density at radius 1 is 1.07 bits per heavy atom. The molecule has 2 aromatic rings. The summed E-state index contributed by atoms with van der Waals surface area (Å²) in [6.45, 7) is 1.79. The van der Waals surface area contributed by atoms with Crippen molar-refractivity contribution in [2.24, 2.45) is 0 Å². The summed E-state index contributed by atoms with van der Waals surface area (Å²) in [4.78, 5) is 49.1. The van der Waals surface area contributed by atoms with Gasteiger partial charge in [0, 0.05) is 17.7 Å². The zero-order valence-electron chi connectivity index (χ0n) is 16.3. The Hall–Kier alpha value is -4.21. The van der Waals surface area contributed by atoms with Crippen molar-refractivity contribution in [3.8, 4) is 11.5 Å². The third-order valence-corrected chi connectivity index (χ3v) is 4.39. The number of carbonyl (C=O) groups excluding carboxylic acids is 3. The van der Waals surface area contributed by atoms with Gasteiger partial charge in [0.1, 0.15) is 11.3 Å². The number of carbonyl (C=O) groups is 3. The number of ether oxygens (including phenoxy) is 2. The lowest BCUT2D eigenvalue weighted by molar-refractivity contribution is -0.385. The van der Waals surface area contributed by atoms with Gasteiger partial charge in [0.2, 0.25) is 5.75 Å². The van der Waals surface area contributed by atoms with Crippen LogP contribution in [0.4, 0.5) is 16.2 Å². The summed E-state index contributed by atoms with van der Waals surface area (Å²) in [5, 5.41) is 13.4. The van der Waals surface area contributed by atoms with Gasteiger partial charge in [-0.1, -0.05) is 12.1 Å². The second kappa shape index (κ2) is 8.03. The molecule has 3 rings (SSSR count). The molecule has 1 heterocycles. The molecule has 0 atom stereocenters. The number of rotatable bonds is 5. The molecule has 30 heavy (non-hydrogen) atoms. The number of aryl methyl sites for hydroxylation is 1. The number of nitrogens with zero attached hydrogens (tertiary/aromatic N) is 2. The van der Waals surface area contributed by atoms with Gasteiger partial charge in [-0.25, -0.2) is 9.69 Å². The standard InChI is InChI=1S/C20H17N3O7/c1-11-5-4-6-13(7-11)22-19(25)14(18(24)21-20(22)26)8-12-9-15(23(27)28)17(30-3)10-16(12)29-2/h4-10H,1-3H3,(H,21,24,26)/b14-8-. The van der Waals surface area contributed by atoms with E-state index in [1.54, 1.807) is 31.2 Å². The SMILES string of the molecule is COc1cc(OC)c([N+](=O)[O-])cc1/C=C1/C(=O)NC(=O)N(c2cccc(C)c2)C1=O. The molecular formula is C20H17N3O7. The van der Waals surface area contributed by atoms with Crippen molar-refractivity contribution in [3.05, 3.63) is 63.2 Å². The number of urea groups is 1. The van der Waals surface area contributed by atoms with Gasteiger partial charge in [-0.15, -0.1) is 0 Å². The van der Waals surface area contributed by atoms with E-state index in [9.17, 15) is 24.5 Å². The molecule has 0 bridgehead atoms. The number of methoxy groups -OCH3 is 2. The maximum absolute atomic E-state index is 13.0. The molecule has 10 heteroatoms. The number of barbiturate groups is 1. The summed E-state index contributed by atoms with van der Waals surface area (Å²) in [6.07, 6.45) is 1.14. The van der Waals surface area contributed by atoms with Crippen LogP contribution in [0.15, 0.2) is 42.0 Å². The molecule has 0 saturated carbocycles. The lowest BCUT2D eigenvalue weighted by Crippen LogP contribution is -2.54. The molecule has 1 aliphatic heterocycles. The van der Waals surface area contributed by atoms with Crippen LogP contribution in [0.1, 0.15) is 11.1 Å². The highest BCUT2D eigenvalue weighted by Gasteiger charge is 2.37. The second-order valence-electron chi connectivity index (χ2n) is 6.32. The van der Waals surface area contributed by atoms with Crippen LogP contribution in [0, 0.1) is 17.0 Å². The maximum atomic E-state index is 13.0. The van der Waals surface area contributed by atoms with Crippen LogP contribution in [0.5, 0.6) is 11.5 Å². The van der Waals surface area contributed by atoms with E-state index >= 15 is 0 Å². The van der Waals surface area contributed by atoms with Gasteiger partial charge in [-0.2, -0.15) is 0 Å². The van der Waals surface area contributed by atoms with Crippen LogP contribution in [-0.4, -0.2) is 37.0 Å². The van der Waals surface area contributed by atoms with Crippen LogP contribution >= 0.6 is 0 Å². The van der Waals surface area contributed by atoms with Gasteiger partial charge in [-0.3, -0.25) is 25.0 Å². The van der Waals surface area contributed by atoms with Gasteiger partial charge in [0.15, 0.2) is 0 Å². The van der Waals surface area contributed by atoms with Crippen LogP contribution < -0.4 is 19.7 Å². The molecule has 0 unspecified atom stereocenters. The van der Waals surface area contributed by atoms with Crippen molar-refractivity contribution in [1.29, 1.82) is 0 Å². The van der Waals surface area contributed by atoms with Gasteiger partial charge >= 0.3 is 11.7 Å². The van der Waals surface area contributed by atoms with Crippen LogP contribution in [0.25, 0.3) is 6.08 Å². The van der Waals surface area contributed by atoms with E-state index in [2.05, 4.69) is 5.32 Å². The topological polar surface area (TPSA) is 128 Å². The first-order chi connectivity index (χ1) is 14.3. The Kier molecular flexibility index (Phi) is 5.50. The Morgan fingerprint density at radius 3 is 2.37 bits per heavy atom. The van der Waals surface area contributed by atoms with E-state index < -0.39 is 22.8 Å². The number of hydrogen-bond acceptors (Lipinski definition) is 7. The monoisotopic (exact) mass is 411 g/mol. The van der Waals surface area contributed by atoms with Crippen molar-refractivity contribution in [2.45, 2.75) is 6.92 Å². The minimum absolute atomic E-state index is 0.0463. The van der Waals surface area contributed by atoms with E-state index in [1.807, 2.05) is 0 Å². The van der Waals surface area contributed by atoms with Gasteiger partial charge in [0.05, 0.1) is 24.8 Å². The number of hydrogen-bond donors (Lipinski definition) is 1. The summed E-state index contributed by atoms with van der Waals surface area (Å²) in [7, 11) is 2.59. The van der Waals surface area contributed by atoms with Crippen LogP contribution in [-0.2, 0) is 9.59 Å². The average molecular weight is 411 g/mol. The number of nitro benzene ring substituents is 1. The molecule has 2 aromatic carbocycles. The third-order valence-electron chi connectivity index (χ3n) is 4.39. The van der Waals surface area contributed by atoms with Crippen LogP contribution in [0.3, 0.4) is 0 Å². The summed E-state index contributed by atoms with van der Waals surface area (Å²) in [5.41, 5.74) is 0.433. The Morgan fingerprint density at radius 2 is 1.77 bits per heavy atom. The maximum Gasteiger partial charge on any atom is 0.335 e. The number of imide groups is 2. The van der Waals surface area contributed by atoms with E-state index in [0.717, 1.165) is 22.6 Å². The minimum Gasteiger partial charge on any atom is -0.496 e. The molecule has 0 aromatic heterocycles. The molecule has 0 radical (unpaired) electrons. The molecule has 1 saturated heterocycles. The molecule has 10 nitrogen and oxygen atoms in total. The van der Waals surface area contributed by atoms with Gasteiger partial charge in [-0.05, 0) is 30.7 Å². The zero-order chi connectivity index (χ0) is 22.0. The van der Waals surface area contributed by atoms with Crippen molar-refractivity contribution in [3.63, 3.8) is 0 Å². The number of nitro groups is 1. The summed E-state index contributed by atoms with van der Waals surface area (Å²) in [6, 6.07) is 8.14. The molecule has 4 amide bonds. The van der Waals surface area contributed by atoms with E-state index in [1.165, 1.54) is 20.3 Å². The number of anilines is 1. The predicted octanol–water partition coefficient (Wildman–Crippen LogP) is 2.59. The Bertz CT molecular complexity index is 1110. The summed E-state index contributed by atoms with van der Waals surface area (Å²) >= 11 is 0. The van der Waals surface area contributed by atoms with E-state index in [0.29, 0.717) is 0 Å². The van der Waals surface area contributed by atoms with E-state index in [-0.39, 0.29) is 34.0 Å². The van der Waals surface area contributed by atoms with Crippen molar-refractivity contribution in [2.75, 3.05) is 19.1 Å². The summed E-state index contributed by atoms with van der Waals surface area (Å²) < 4.78 is 10.2. The average Bonchev–Trinajstić information content (AvgIpc) is 2.70. The Balaban J connectivity index is 2.13. The molecule has 0 aliphatic carbocycles. The fourth-order valence-electron chi connectivity index (χ4n) is 2.98. The van der Waals surface area contributed by atoms with Crippen molar-refractivity contribution in [1.82, 2.24) is 5.32 Å². The quantitative estimate of drug-likeness (QED) is 0.347.